The topological polar surface area (TPSA) is 151 Å². The van der Waals surface area contributed by atoms with Crippen LogP contribution in [0.4, 0.5) is 11.4 Å². The molecule has 0 aliphatic carbocycles. The SMILES string of the molecule is C=C1Nc2ccccc2N1C1CCN(C(=O)[C@@H](CCCCN)CC(=O)[C@@H](CC(C)C)NC(=O)[C@H](CC(=O)[C@H](N)Cc2ccccc2)Cc2ccccc2)CC1. The minimum Gasteiger partial charge on any atom is -0.346 e. The van der Waals surface area contributed by atoms with Crippen molar-refractivity contribution in [2.24, 2.45) is 29.2 Å². The van der Waals surface area contributed by atoms with Crippen LogP contribution in [0.15, 0.2) is 97.3 Å². The lowest BCUT2D eigenvalue weighted by molar-refractivity contribution is -0.140. The normalized spacial score (nSPS) is 16.6. The quantitative estimate of drug-likeness (QED) is 0.103. The van der Waals surface area contributed by atoms with Crippen LogP contribution in [0, 0.1) is 17.8 Å². The van der Waals surface area contributed by atoms with Crippen LogP contribution in [0.5, 0.6) is 0 Å². The number of carbonyl (C=O) groups excluding carboxylic acids is 4. The van der Waals surface area contributed by atoms with E-state index in [0.717, 1.165) is 54.0 Å². The molecule has 0 aromatic heterocycles. The van der Waals surface area contributed by atoms with Crippen LogP contribution in [0.2, 0.25) is 0 Å². The lowest BCUT2D eigenvalue weighted by Crippen LogP contribution is -2.49. The number of nitrogens with zero attached hydrogens (tertiary/aromatic N) is 2. The second kappa shape index (κ2) is 20.2. The standard InChI is InChI=1S/C45H60N6O4/c1-31(2)26-40(49-44(54)36(27-33-14-6-4-7-15-33)30-42(52)38(47)28-34-16-8-5-9-17-34)43(53)29-35(18-12-13-23-46)45(55)50-24-21-37(22-25-50)51-32(3)48-39-19-10-11-20-41(39)51/h4-11,14-17,19-20,31,35-38,40,48H,3,12-13,18,21-30,46-47H2,1-2H3,(H,49,54)/t35-,36-,38+,40+/m0/s1. The molecule has 0 radical (unpaired) electrons. The maximum atomic E-state index is 14.2. The van der Waals surface area contributed by atoms with Crippen LogP contribution < -0.4 is 27.0 Å². The first-order valence-electron chi connectivity index (χ1n) is 20.1. The average molecular weight is 749 g/mol. The summed E-state index contributed by atoms with van der Waals surface area (Å²) in [6, 6.07) is 26.0. The summed E-state index contributed by atoms with van der Waals surface area (Å²) in [5, 5.41) is 6.43. The number of anilines is 2. The monoisotopic (exact) mass is 748 g/mol. The number of Topliss-reactive ketones (excluding diaryl/α,β-unsaturated/α-hetero) is 2. The summed E-state index contributed by atoms with van der Waals surface area (Å²) < 4.78 is 0. The van der Waals surface area contributed by atoms with Gasteiger partial charge in [0.2, 0.25) is 11.8 Å². The van der Waals surface area contributed by atoms with Gasteiger partial charge in [0, 0.05) is 43.8 Å². The van der Waals surface area contributed by atoms with Gasteiger partial charge < -0.3 is 31.9 Å². The molecule has 2 aliphatic heterocycles. The maximum absolute atomic E-state index is 14.2. The van der Waals surface area contributed by atoms with E-state index >= 15 is 0 Å². The lowest BCUT2D eigenvalue weighted by Gasteiger charge is -2.39. The largest absolute Gasteiger partial charge is 0.346 e. The van der Waals surface area contributed by atoms with Crippen molar-refractivity contribution in [3.05, 3.63) is 108 Å². The smallest absolute Gasteiger partial charge is 0.226 e. The Morgan fingerprint density at radius 2 is 1.42 bits per heavy atom. The number of benzene rings is 3. The van der Waals surface area contributed by atoms with E-state index in [0.29, 0.717) is 45.3 Å². The number of amides is 2. The highest BCUT2D eigenvalue weighted by molar-refractivity contribution is 5.95. The van der Waals surface area contributed by atoms with E-state index in [1.54, 1.807) is 0 Å². The fourth-order valence-corrected chi connectivity index (χ4v) is 7.97. The van der Waals surface area contributed by atoms with Crippen molar-refractivity contribution < 1.29 is 19.2 Å². The molecule has 55 heavy (non-hydrogen) atoms. The highest BCUT2D eigenvalue weighted by Gasteiger charge is 2.36. The second-order valence-electron chi connectivity index (χ2n) is 15.7. The summed E-state index contributed by atoms with van der Waals surface area (Å²) in [6.07, 6.45) is 4.75. The fraction of sp³-hybridized carbons (Fsp3) is 0.467. The van der Waals surface area contributed by atoms with Crippen molar-refractivity contribution in [3.8, 4) is 0 Å². The van der Waals surface area contributed by atoms with Crippen LogP contribution in [-0.2, 0) is 32.0 Å². The van der Waals surface area contributed by atoms with Crippen molar-refractivity contribution >= 4 is 34.8 Å². The molecule has 3 aromatic carbocycles. The highest BCUT2D eigenvalue weighted by atomic mass is 16.2. The molecule has 2 heterocycles. The van der Waals surface area contributed by atoms with Gasteiger partial charge in [-0.2, -0.15) is 0 Å². The molecular formula is C45H60N6O4. The van der Waals surface area contributed by atoms with Gasteiger partial charge in [0.1, 0.15) is 5.82 Å². The second-order valence-corrected chi connectivity index (χ2v) is 15.7. The number of unbranched alkanes of at least 4 members (excludes halogenated alkanes) is 1. The molecule has 5 rings (SSSR count). The third kappa shape index (κ3) is 11.6. The molecule has 2 amide bonds. The van der Waals surface area contributed by atoms with Gasteiger partial charge >= 0.3 is 0 Å². The summed E-state index contributed by atoms with van der Waals surface area (Å²) >= 11 is 0. The van der Waals surface area contributed by atoms with Crippen molar-refractivity contribution in [3.63, 3.8) is 0 Å². The van der Waals surface area contributed by atoms with E-state index < -0.39 is 23.9 Å². The molecule has 10 heteroatoms. The van der Waals surface area contributed by atoms with Crippen LogP contribution in [-0.4, -0.2) is 66.0 Å². The van der Waals surface area contributed by atoms with Gasteiger partial charge in [0.25, 0.3) is 0 Å². The Balaban J connectivity index is 1.26. The predicted molar refractivity (Wildman–Crippen MR) is 220 cm³/mol. The molecule has 6 N–H and O–H groups in total. The highest BCUT2D eigenvalue weighted by Crippen LogP contribution is 2.39. The van der Waals surface area contributed by atoms with E-state index in [-0.39, 0.29) is 48.2 Å². The van der Waals surface area contributed by atoms with Crippen LogP contribution in [0.25, 0.3) is 0 Å². The van der Waals surface area contributed by atoms with Crippen molar-refractivity contribution in [1.29, 1.82) is 0 Å². The van der Waals surface area contributed by atoms with Crippen molar-refractivity contribution in [2.75, 3.05) is 29.9 Å². The summed E-state index contributed by atoms with van der Waals surface area (Å²) in [6.45, 7) is 9.95. The molecule has 4 atom stereocenters. The molecule has 2 aliphatic rings. The Morgan fingerprint density at radius 3 is 2.05 bits per heavy atom. The van der Waals surface area contributed by atoms with Gasteiger partial charge in [-0.3, -0.25) is 19.2 Å². The first-order chi connectivity index (χ1) is 26.5. The Hall–Kier alpha value is -4.80. The number of hydrogen-bond acceptors (Lipinski definition) is 8. The number of nitrogens with two attached hydrogens (primary N) is 2. The number of carbonyl (C=O) groups is 4. The van der Waals surface area contributed by atoms with Crippen LogP contribution >= 0.6 is 0 Å². The number of ketones is 2. The Labute approximate surface area is 327 Å². The Kier molecular flexibility index (Phi) is 15.2. The number of likely N-dealkylation sites (tertiary alicyclic amines) is 1. The van der Waals surface area contributed by atoms with Crippen molar-refractivity contribution in [2.45, 2.75) is 96.2 Å². The molecule has 0 saturated carbocycles. The zero-order chi connectivity index (χ0) is 39.3. The number of hydrogen-bond donors (Lipinski definition) is 4. The van der Waals surface area contributed by atoms with E-state index in [1.165, 1.54) is 0 Å². The van der Waals surface area contributed by atoms with E-state index in [9.17, 15) is 19.2 Å². The van der Waals surface area contributed by atoms with Crippen LogP contribution in [0.1, 0.15) is 76.3 Å². The van der Waals surface area contributed by atoms with E-state index in [2.05, 4.69) is 28.2 Å². The van der Waals surface area contributed by atoms with Crippen LogP contribution in [0.3, 0.4) is 0 Å². The zero-order valence-electron chi connectivity index (χ0n) is 32.6. The molecular weight excluding hydrogens is 689 g/mol. The van der Waals surface area contributed by atoms with E-state index in [4.69, 9.17) is 11.5 Å². The van der Waals surface area contributed by atoms with E-state index in [1.807, 2.05) is 97.6 Å². The van der Waals surface area contributed by atoms with Gasteiger partial charge in [-0.1, -0.05) is 99.6 Å². The summed E-state index contributed by atoms with van der Waals surface area (Å²) in [5.74, 6) is -0.999. The number of piperidine rings is 1. The van der Waals surface area contributed by atoms with Gasteiger partial charge in [-0.05, 0) is 80.7 Å². The molecule has 0 spiro atoms. The number of para-hydroxylation sites is 2. The Bertz CT molecular complexity index is 1740. The zero-order valence-corrected chi connectivity index (χ0v) is 32.6. The number of nitrogens with one attached hydrogen (secondary N) is 2. The molecule has 0 unspecified atom stereocenters. The van der Waals surface area contributed by atoms with Gasteiger partial charge in [0.15, 0.2) is 11.6 Å². The molecule has 294 valence electrons. The molecule has 1 fully saturated rings. The molecule has 3 aromatic rings. The number of fused-ring (bicyclic) bond motifs is 1. The van der Waals surface area contributed by atoms with Gasteiger partial charge in [-0.25, -0.2) is 0 Å². The number of rotatable bonds is 20. The summed E-state index contributed by atoms with van der Waals surface area (Å²) in [5.41, 5.74) is 16.2. The first-order valence-corrected chi connectivity index (χ1v) is 20.1. The summed E-state index contributed by atoms with van der Waals surface area (Å²) in [7, 11) is 0. The molecule has 1 saturated heterocycles. The molecule has 10 nitrogen and oxygen atoms in total. The minimum atomic E-state index is -0.789. The van der Waals surface area contributed by atoms with Gasteiger partial charge in [0.05, 0.1) is 23.5 Å². The first kappa shape index (κ1) is 41.4. The third-order valence-corrected chi connectivity index (χ3v) is 10.9. The maximum Gasteiger partial charge on any atom is 0.226 e. The predicted octanol–water partition coefficient (Wildman–Crippen LogP) is 6.00. The van der Waals surface area contributed by atoms with Crippen molar-refractivity contribution in [1.82, 2.24) is 10.2 Å². The lowest BCUT2D eigenvalue weighted by atomic mass is 9.87. The fourth-order valence-electron chi connectivity index (χ4n) is 7.97. The average Bonchev–Trinajstić information content (AvgIpc) is 3.52. The Morgan fingerprint density at radius 1 is 0.818 bits per heavy atom. The minimum absolute atomic E-state index is 0.0165. The molecule has 0 bridgehead atoms. The van der Waals surface area contributed by atoms with Gasteiger partial charge in [-0.15, -0.1) is 0 Å². The summed E-state index contributed by atoms with van der Waals surface area (Å²) in [4.78, 5) is 60.1. The third-order valence-electron chi connectivity index (χ3n) is 10.9.